The molecule has 0 amide bonds. The van der Waals surface area contributed by atoms with E-state index in [9.17, 15) is 8.42 Å². The van der Waals surface area contributed by atoms with Gasteiger partial charge in [-0.2, -0.15) is 9.41 Å². The molecule has 2 aromatic rings. The lowest BCUT2D eigenvalue weighted by atomic mass is 10.2. The number of methoxy groups -OCH3 is 3. The number of aromatic nitrogens is 1. The van der Waals surface area contributed by atoms with Gasteiger partial charge in [0.1, 0.15) is 10.7 Å². The molecule has 162 valence electrons. The summed E-state index contributed by atoms with van der Waals surface area (Å²) in [5, 5.41) is 4.16. The minimum atomic E-state index is -3.50. The number of hydrazone groups is 1. The van der Waals surface area contributed by atoms with Gasteiger partial charge in [-0.25, -0.2) is 13.4 Å². The van der Waals surface area contributed by atoms with Crippen LogP contribution in [0.4, 0.5) is 5.82 Å². The van der Waals surface area contributed by atoms with E-state index >= 15 is 0 Å². The molecular weight excluding hydrogens is 408 g/mol. The molecule has 1 aromatic heterocycles. The highest BCUT2D eigenvalue weighted by Gasteiger charge is 2.26. The van der Waals surface area contributed by atoms with E-state index in [2.05, 4.69) is 15.5 Å². The van der Waals surface area contributed by atoms with Gasteiger partial charge in [0, 0.05) is 24.8 Å². The van der Waals surface area contributed by atoms with E-state index in [1.165, 1.54) is 30.8 Å². The van der Waals surface area contributed by atoms with Gasteiger partial charge in [0.25, 0.3) is 0 Å². The van der Waals surface area contributed by atoms with Crippen LogP contribution in [0.2, 0.25) is 0 Å². The second-order valence-electron chi connectivity index (χ2n) is 6.64. The van der Waals surface area contributed by atoms with Crippen LogP contribution in [0.25, 0.3) is 0 Å². The van der Waals surface area contributed by atoms with E-state index in [0.717, 1.165) is 19.3 Å². The standard InChI is InChI=1S/C20H26N4O5S/c1-27-17-9-7-15(19(28-2)20(17)29-3)13-22-23-18-10-8-16(14-21-18)30(25,26)24-11-5-4-6-12-24/h7-10,13-14H,4-6,11-12H2,1-3H3,(H,21,23)/b22-13+. The summed E-state index contributed by atoms with van der Waals surface area (Å²) >= 11 is 0. The first-order valence-corrected chi connectivity index (χ1v) is 11.0. The molecule has 1 aliphatic rings. The zero-order valence-corrected chi connectivity index (χ0v) is 18.1. The minimum absolute atomic E-state index is 0.181. The first-order valence-electron chi connectivity index (χ1n) is 9.55. The predicted octanol–water partition coefficient (Wildman–Crippen LogP) is 2.73. The molecule has 0 saturated carbocycles. The molecular formula is C20H26N4O5S. The van der Waals surface area contributed by atoms with Crippen molar-refractivity contribution in [1.29, 1.82) is 0 Å². The van der Waals surface area contributed by atoms with Gasteiger partial charge in [0.05, 0.1) is 27.5 Å². The van der Waals surface area contributed by atoms with Crippen LogP contribution in [-0.4, -0.2) is 58.3 Å². The zero-order chi connectivity index (χ0) is 21.6. The number of nitrogens with zero attached hydrogens (tertiary/aromatic N) is 3. The maximum absolute atomic E-state index is 12.7. The Hall–Kier alpha value is -2.85. The van der Waals surface area contributed by atoms with Crippen molar-refractivity contribution in [3.05, 3.63) is 36.0 Å². The summed E-state index contributed by atoms with van der Waals surface area (Å²) in [6.07, 6.45) is 5.75. The van der Waals surface area contributed by atoms with Gasteiger partial charge in [-0.1, -0.05) is 6.42 Å². The normalized spacial score (nSPS) is 15.2. The average molecular weight is 435 g/mol. The van der Waals surface area contributed by atoms with Crippen molar-refractivity contribution in [3.8, 4) is 17.2 Å². The molecule has 3 rings (SSSR count). The number of anilines is 1. The molecule has 1 saturated heterocycles. The summed E-state index contributed by atoms with van der Waals surface area (Å²) in [5.74, 6) is 1.92. The minimum Gasteiger partial charge on any atom is -0.493 e. The molecule has 1 fully saturated rings. The number of nitrogens with one attached hydrogen (secondary N) is 1. The van der Waals surface area contributed by atoms with Crippen molar-refractivity contribution >= 4 is 22.1 Å². The molecule has 0 bridgehead atoms. The highest BCUT2D eigenvalue weighted by molar-refractivity contribution is 7.89. The molecule has 1 N–H and O–H groups in total. The van der Waals surface area contributed by atoms with Crippen molar-refractivity contribution < 1.29 is 22.6 Å². The van der Waals surface area contributed by atoms with E-state index in [1.807, 2.05) is 0 Å². The molecule has 0 atom stereocenters. The Bertz CT molecular complexity index is 987. The average Bonchev–Trinajstić information content (AvgIpc) is 2.79. The van der Waals surface area contributed by atoms with Crippen LogP contribution in [0.3, 0.4) is 0 Å². The Morgan fingerprint density at radius 1 is 1.00 bits per heavy atom. The highest BCUT2D eigenvalue weighted by Crippen LogP contribution is 2.39. The van der Waals surface area contributed by atoms with Crippen LogP contribution in [-0.2, 0) is 10.0 Å². The fourth-order valence-electron chi connectivity index (χ4n) is 3.25. The SMILES string of the molecule is COc1ccc(/C=N/Nc2ccc(S(=O)(=O)N3CCCCC3)cn2)c(OC)c1OC. The number of benzene rings is 1. The van der Waals surface area contributed by atoms with Crippen molar-refractivity contribution in [3.63, 3.8) is 0 Å². The first-order chi connectivity index (χ1) is 14.5. The molecule has 30 heavy (non-hydrogen) atoms. The fourth-order valence-corrected chi connectivity index (χ4v) is 4.71. The third kappa shape index (κ3) is 4.65. The van der Waals surface area contributed by atoms with Gasteiger partial charge in [0.15, 0.2) is 11.5 Å². The second kappa shape index (κ2) is 9.77. The first kappa shape index (κ1) is 21.8. The summed E-state index contributed by atoms with van der Waals surface area (Å²) in [5.41, 5.74) is 3.46. The molecule has 2 heterocycles. The van der Waals surface area contributed by atoms with E-state index in [-0.39, 0.29) is 4.90 Å². The van der Waals surface area contributed by atoms with E-state index < -0.39 is 10.0 Å². The van der Waals surface area contributed by atoms with Gasteiger partial charge >= 0.3 is 0 Å². The number of hydrogen-bond donors (Lipinski definition) is 1. The van der Waals surface area contributed by atoms with E-state index in [4.69, 9.17) is 14.2 Å². The number of pyridine rings is 1. The molecule has 10 heteroatoms. The third-order valence-electron chi connectivity index (χ3n) is 4.81. The number of rotatable bonds is 8. The van der Waals surface area contributed by atoms with Gasteiger partial charge in [0.2, 0.25) is 15.8 Å². The van der Waals surface area contributed by atoms with Crippen LogP contribution in [0.1, 0.15) is 24.8 Å². The van der Waals surface area contributed by atoms with E-state index in [1.54, 1.807) is 31.5 Å². The van der Waals surface area contributed by atoms with Crippen LogP contribution >= 0.6 is 0 Å². The van der Waals surface area contributed by atoms with Crippen molar-refractivity contribution in [1.82, 2.24) is 9.29 Å². The quantitative estimate of drug-likeness (QED) is 0.503. The zero-order valence-electron chi connectivity index (χ0n) is 17.3. The topological polar surface area (TPSA) is 102 Å². The van der Waals surface area contributed by atoms with Crippen LogP contribution in [0.5, 0.6) is 17.2 Å². The van der Waals surface area contributed by atoms with E-state index in [0.29, 0.717) is 41.7 Å². The Morgan fingerprint density at radius 3 is 2.33 bits per heavy atom. The van der Waals surface area contributed by atoms with Crippen molar-refractivity contribution in [2.45, 2.75) is 24.2 Å². The lowest BCUT2D eigenvalue weighted by molar-refractivity contribution is 0.324. The number of ether oxygens (including phenoxy) is 3. The van der Waals surface area contributed by atoms with Crippen LogP contribution in [0.15, 0.2) is 40.5 Å². The molecule has 0 aliphatic carbocycles. The Morgan fingerprint density at radius 2 is 1.73 bits per heavy atom. The third-order valence-corrected chi connectivity index (χ3v) is 6.69. The van der Waals surface area contributed by atoms with Gasteiger partial charge in [-0.15, -0.1) is 0 Å². The molecule has 0 unspecified atom stereocenters. The van der Waals surface area contributed by atoms with Gasteiger partial charge < -0.3 is 14.2 Å². The van der Waals surface area contributed by atoms with Crippen molar-refractivity contribution in [2.75, 3.05) is 39.8 Å². The Labute approximate surface area is 176 Å². The smallest absolute Gasteiger partial charge is 0.244 e. The fraction of sp³-hybridized carbons (Fsp3) is 0.400. The second-order valence-corrected chi connectivity index (χ2v) is 8.58. The molecule has 1 aromatic carbocycles. The molecule has 0 spiro atoms. The molecule has 0 radical (unpaired) electrons. The monoisotopic (exact) mass is 434 g/mol. The molecule has 1 aliphatic heterocycles. The summed E-state index contributed by atoms with van der Waals surface area (Å²) in [4.78, 5) is 4.35. The lowest BCUT2D eigenvalue weighted by Crippen LogP contribution is -2.35. The van der Waals surface area contributed by atoms with Crippen molar-refractivity contribution in [2.24, 2.45) is 5.10 Å². The largest absolute Gasteiger partial charge is 0.493 e. The summed E-state index contributed by atoms with van der Waals surface area (Å²) < 4.78 is 42.9. The highest BCUT2D eigenvalue weighted by atomic mass is 32.2. The van der Waals surface area contributed by atoms with Crippen LogP contribution in [0, 0.1) is 0 Å². The number of sulfonamides is 1. The number of hydrogen-bond acceptors (Lipinski definition) is 8. The summed E-state index contributed by atoms with van der Waals surface area (Å²) in [6.45, 7) is 1.11. The van der Waals surface area contributed by atoms with Gasteiger partial charge in [-0.05, 0) is 37.1 Å². The van der Waals surface area contributed by atoms with Gasteiger partial charge in [-0.3, -0.25) is 5.43 Å². The maximum Gasteiger partial charge on any atom is 0.244 e. The summed E-state index contributed by atoms with van der Waals surface area (Å²) in [7, 11) is 1.11. The lowest BCUT2D eigenvalue weighted by Gasteiger charge is -2.25. The number of piperidine rings is 1. The maximum atomic E-state index is 12.7. The molecule has 9 nitrogen and oxygen atoms in total. The predicted molar refractivity (Wildman–Crippen MR) is 114 cm³/mol. The Balaban J connectivity index is 1.72. The Kier molecular flexibility index (Phi) is 7.11. The van der Waals surface area contributed by atoms with Crippen LogP contribution < -0.4 is 19.6 Å². The summed E-state index contributed by atoms with van der Waals surface area (Å²) in [6, 6.07) is 6.65.